The Kier molecular flexibility index (Phi) is 6.94. The van der Waals surface area contributed by atoms with E-state index in [2.05, 4.69) is 12.0 Å². The molecule has 1 amide bonds. The molecular formula is C19H32BN3O. The molecule has 1 aromatic rings. The van der Waals surface area contributed by atoms with Crippen LogP contribution in [0.5, 0.6) is 0 Å². The van der Waals surface area contributed by atoms with Crippen LogP contribution in [0.4, 0.5) is 0 Å². The Morgan fingerprint density at radius 1 is 1.25 bits per heavy atom. The molecule has 0 spiro atoms. The number of nitrogens with two attached hydrogens (primary N) is 1. The zero-order valence-electron chi connectivity index (χ0n) is 15.4. The molecule has 24 heavy (non-hydrogen) atoms. The highest BCUT2D eigenvalue weighted by molar-refractivity contribution is 6.14. The van der Waals surface area contributed by atoms with Gasteiger partial charge in [-0.2, -0.15) is 5.10 Å². The monoisotopic (exact) mass is 329 g/mol. The van der Waals surface area contributed by atoms with Crippen LogP contribution in [-0.4, -0.2) is 23.5 Å². The Hall–Kier alpha value is -1.26. The van der Waals surface area contributed by atoms with Crippen LogP contribution in [0.3, 0.4) is 0 Å². The molecule has 5 heteroatoms. The van der Waals surface area contributed by atoms with Crippen LogP contribution in [0.1, 0.15) is 87.3 Å². The van der Waals surface area contributed by atoms with Crippen LogP contribution < -0.4 is 5.73 Å². The maximum Gasteiger partial charge on any atom is 0.266 e. The summed E-state index contributed by atoms with van der Waals surface area (Å²) in [5, 5.41) is 4.49. The number of carbonyl (C=O) groups excluding carboxylic acids is 1. The second-order valence-electron chi connectivity index (χ2n) is 7.94. The first-order chi connectivity index (χ1) is 11.4. The predicted molar refractivity (Wildman–Crippen MR) is 99.3 cm³/mol. The SMILES string of the molecule is [B]C1(C)CCCCCC(Cn2nc(C)cc2C(N)=O)CCCCC1. The maximum atomic E-state index is 11.6. The Bertz CT molecular complexity index is 523. The van der Waals surface area contributed by atoms with Crippen LogP contribution in [0.15, 0.2) is 6.07 Å². The van der Waals surface area contributed by atoms with E-state index in [4.69, 9.17) is 13.6 Å². The van der Waals surface area contributed by atoms with E-state index >= 15 is 0 Å². The number of carbonyl (C=O) groups is 1. The Morgan fingerprint density at radius 2 is 1.83 bits per heavy atom. The fourth-order valence-corrected chi connectivity index (χ4v) is 3.86. The second-order valence-corrected chi connectivity index (χ2v) is 7.94. The molecule has 2 rings (SSSR count). The molecule has 0 atom stereocenters. The topological polar surface area (TPSA) is 60.9 Å². The highest BCUT2D eigenvalue weighted by Gasteiger charge is 2.19. The minimum atomic E-state index is -0.383. The Labute approximate surface area is 148 Å². The molecule has 2 radical (unpaired) electrons. The van der Waals surface area contributed by atoms with Crippen molar-refractivity contribution in [2.24, 2.45) is 11.7 Å². The van der Waals surface area contributed by atoms with E-state index in [0.29, 0.717) is 11.6 Å². The van der Waals surface area contributed by atoms with Gasteiger partial charge in [0, 0.05) is 6.54 Å². The van der Waals surface area contributed by atoms with Gasteiger partial charge < -0.3 is 5.73 Å². The molecule has 1 aromatic heterocycles. The molecule has 1 fully saturated rings. The summed E-state index contributed by atoms with van der Waals surface area (Å²) in [4.78, 5) is 11.6. The van der Waals surface area contributed by atoms with Crippen molar-refractivity contribution in [1.29, 1.82) is 0 Å². The third-order valence-electron chi connectivity index (χ3n) is 5.31. The summed E-state index contributed by atoms with van der Waals surface area (Å²) in [5.41, 5.74) is 6.89. The van der Waals surface area contributed by atoms with Crippen molar-refractivity contribution >= 4 is 13.8 Å². The fourth-order valence-electron chi connectivity index (χ4n) is 3.86. The minimum absolute atomic E-state index is 0.0155. The van der Waals surface area contributed by atoms with E-state index in [9.17, 15) is 4.79 Å². The summed E-state index contributed by atoms with van der Waals surface area (Å²) in [7, 11) is 6.38. The minimum Gasteiger partial charge on any atom is -0.364 e. The van der Waals surface area contributed by atoms with Gasteiger partial charge in [0.1, 0.15) is 5.69 Å². The summed E-state index contributed by atoms with van der Waals surface area (Å²) in [6.45, 7) is 4.92. The van der Waals surface area contributed by atoms with E-state index in [1.165, 1.54) is 51.4 Å². The lowest BCUT2D eigenvalue weighted by atomic mass is 9.64. The molecule has 0 unspecified atom stereocenters. The van der Waals surface area contributed by atoms with Gasteiger partial charge in [-0.15, -0.1) is 0 Å². The summed E-state index contributed by atoms with van der Waals surface area (Å²) in [6.07, 6.45) is 12.0. The number of rotatable bonds is 3. The van der Waals surface area contributed by atoms with Crippen molar-refractivity contribution in [2.75, 3.05) is 0 Å². The quantitative estimate of drug-likeness (QED) is 0.846. The number of amides is 1. The van der Waals surface area contributed by atoms with Gasteiger partial charge in [0.25, 0.3) is 5.91 Å². The highest BCUT2D eigenvalue weighted by atomic mass is 16.1. The van der Waals surface area contributed by atoms with Crippen molar-refractivity contribution in [3.8, 4) is 0 Å². The van der Waals surface area contributed by atoms with Gasteiger partial charge in [0.2, 0.25) is 0 Å². The van der Waals surface area contributed by atoms with Crippen LogP contribution >= 0.6 is 0 Å². The lowest BCUT2D eigenvalue weighted by Crippen LogP contribution is -2.21. The lowest BCUT2D eigenvalue weighted by Gasteiger charge is -2.26. The summed E-state index contributed by atoms with van der Waals surface area (Å²) >= 11 is 0. The van der Waals surface area contributed by atoms with E-state index in [1.807, 2.05) is 11.6 Å². The van der Waals surface area contributed by atoms with Crippen molar-refractivity contribution in [3.05, 3.63) is 17.5 Å². The van der Waals surface area contributed by atoms with Crippen molar-refractivity contribution in [1.82, 2.24) is 9.78 Å². The zero-order valence-corrected chi connectivity index (χ0v) is 15.4. The van der Waals surface area contributed by atoms with Crippen LogP contribution in [0.25, 0.3) is 0 Å². The van der Waals surface area contributed by atoms with Gasteiger partial charge in [-0.05, 0) is 31.7 Å². The molecule has 0 aromatic carbocycles. The van der Waals surface area contributed by atoms with Crippen LogP contribution in [-0.2, 0) is 6.54 Å². The van der Waals surface area contributed by atoms with Gasteiger partial charge in [-0.1, -0.05) is 63.6 Å². The van der Waals surface area contributed by atoms with Gasteiger partial charge in [-0.3, -0.25) is 9.48 Å². The summed E-state index contributed by atoms with van der Waals surface area (Å²) < 4.78 is 1.82. The number of hydrogen-bond acceptors (Lipinski definition) is 2. The first-order valence-corrected chi connectivity index (χ1v) is 9.50. The van der Waals surface area contributed by atoms with Gasteiger partial charge in [0.15, 0.2) is 0 Å². The molecule has 4 nitrogen and oxygen atoms in total. The normalized spacial score (nSPS) is 27.2. The maximum absolute atomic E-state index is 11.6. The van der Waals surface area contributed by atoms with Gasteiger partial charge >= 0.3 is 0 Å². The standard InChI is InChI=1S/C19H32BN3O/c1-15-13-17(18(21)24)23(22-15)14-16-9-5-3-7-11-19(2,20)12-8-4-6-10-16/h13,16H,3-12,14H2,1-2H3,(H2,21,24). The molecule has 0 aliphatic heterocycles. The molecule has 1 heterocycles. The first-order valence-electron chi connectivity index (χ1n) is 9.50. The molecular weight excluding hydrogens is 297 g/mol. The third kappa shape index (κ3) is 5.99. The molecule has 0 bridgehead atoms. The fraction of sp³-hybridized carbons (Fsp3) is 0.789. The number of aromatic nitrogens is 2. The van der Waals surface area contributed by atoms with Crippen molar-refractivity contribution in [3.63, 3.8) is 0 Å². The van der Waals surface area contributed by atoms with E-state index < -0.39 is 0 Å². The first kappa shape index (κ1) is 19.1. The molecule has 0 saturated heterocycles. The van der Waals surface area contributed by atoms with Gasteiger partial charge in [-0.25, -0.2) is 0 Å². The van der Waals surface area contributed by atoms with Crippen molar-refractivity contribution in [2.45, 2.75) is 89.9 Å². The predicted octanol–water partition coefficient (Wildman–Crippen LogP) is 4.17. The summed E-state index contributed by atoms with van der Waals surface area (Å²) in [6, 6.07) is 1.79. The molecule has 2 N–H and O–H groups in total. The number of aryl methyl sites for hydroxylation is 1. The lowest BCUT2D eigenvalue weighted by molar-refractivity contribution is 0.0988. The third-order valence-corrected chi connectivity index (χ3v) is 5.31. The van der Waals surface area contributed by atoms with Crippen LogP contribution in [0, 0.1) is 12.8 Å². The molecule has 1 saturated carbocycles. The smallest absolute Gasteiger partial charge is 0.266 e. The van der Waals surface area contributed by atoms with Crippen molar-refractivity contribution < 1.29 is 4.79 Å². The largest absolute Gasteiger partial charge is 0.364 e. The van der Waals surface area contributed by atoms with E-state index in [1.54, 1.807) is 6.07 Å². The van der Waals surface area contributed by atoms with Gasteiger partial charge in [0.05, 0.1) is 13.5 Å². The number of hydrogen-bond donors (Lipinski definition) is 1. The zero-order chi connectivity index (χ0) is 17.6. The number of primary amides is 1. The average Bonchev–Trinajstić information content (AvgIpc) is 2.85. The summed E-state index contributed by atoms with van der Waals surface area (Å²) in [5.74, 6) is 0.192. The van der Waals surface area contributed by atoms with Crippen LogP contribution in [0.2, 0.25) is 5.31 Å². The van der Waals surface area contributed by atoms with E-state index in [0.717, 1.165) is 25.1 Å². The highest BCUT2D eigenvalue weighted by Crippen LogP contribution is 2.35. The molecule has 1 aliphatic rings. The number of nitrogens with zero attached hydrogens (tertiary/aromatic N) is 2. The Balaban J connectivity index is 1.95. The second kappa shape index (κ2) is 8.73. The Morgan fingerprint density at radius 3 is 2.38 bits per heavy atom. The average molecular weight is 329 g/mol. The van der Waals surface area contributed by atoms with E-state index in [-0.39, 0.29) is 11.2 Å². The molecule has 1 aliphatic carbocycles. The molecule has 132 valence electrons.